The Morgan fingerprint density at radius 2 is 2.26 bits per heavy atom. The molecule has 0 aromatic heterocycles. The van der Waals surface area contributed by atoms with Crippen LogP contribution in [0.3, 0.4) is 0 Å². The average Bonchev–Trinajstić information content (AvgIpc) is 2.46. The number of hydrogen-bond acceptors (Lipinski definition) is 4. The minimum absolute atomic E-state index is 0.276. The molecule has 1 atom stereocenters. The van der Waals surface area contributed by atoms with Gasteiger partial charge in [0.2, 0.25) is 5.91 Å². The summed E-state index contributed by atoms with van der Waals surface area (Å²) in [6, 6.07) is 7.75. The predicted octanol–water partition coefficient (Wildman–Crippen LogP) is -0.542. The van der Waals surface area contributed by atoms with Crippen LogP contribution in [-0.2, 0) is 4.79 Å². The van der Waals surface area contributed by atoms with E-state index in [1.807, 2.05) is 6.07 Å². The van der Waals surface area contributed by atoms with Gasteiger partial charge in [0.15, 0.2) is 0 Å². The molecule has 0 bridgehead atoms. The zero-order chi connectivity index (χ0) is 13.8. The van der Waals surface area contributed by atoms with Crippen molar-refractivity contribution in [1.82, 2.24) is 10.2 Å². The summed E-state index contributed by atoms with van der Waals surface area (Å²) < 4.78 is 0. The van der Waals surface area contributed by atoms with Gasteiger partial charge in [0.05, 0.1) is 11.6 Å². The number of amides is 2. The average molecular weight is 258 g/mol. The molecule has 2 rings (SSSR count). The topological polar surface area (TPSA) is 99.2 Å². The first-order chi connectivity index (χ1) is 9.13. The number of nitrogens with zero attached hydrogens (tertiary/aromatic N) is 2. The van der Waals surface area contributed by atoms with E-state index in [1.54, 1.807) is 18.2 Å². The lowest BCUT2D eigenvalue weighted by atomic mass is 10.1. The summed E-state index contributed by atoms with van der Waals surface area (Å²) in [5, 5.41) is 11.9. The van der Waals surface area contributed by atoms with E-state index >= 15 is 0 Å². The minimum atomic E-state index is -0.646. The molecule has 1 saturated heterocycles. The van der Waals surface area contributed by atoms with E-state index in [1.165, 1.54) is 11.0 Å². The SMILES string of the molecule is N#Cc1cccc(C(=O)N2CCNCC2C(N)=O)c1. The lowest BCUT2D eigenvalue weighted by molar-refractivity contribution is -0.122. The van der Waals surface area contributed by atoms with Crippen LogP contribution in [0.15, 0.2) is 24.3 Å². The molecule has 0 saturated carbocycles. The van der Waals surface area contributed by atoms with E-state index in [0.717, 1.165) is 0 Å². The first-order valence-electron chi connectivity index (χ1n) is 5.94. The van der Waals surface area contributed by atoms with Gasteiger partial charge in [0.1, 0.15) is 6.04 Å². The zero-order valence-electron chi connectivity index (χ0n) is 10.3. The number of carbonyl (C=O) groups is 2. The molecular weight excluding hydrogens is 244 g/mol. The van der Waals surface area contributed by atoms with Crippen molar-refractivity contribution < 1.29 is 9.59 Å². The fourth-order valence-corrected chi connectivity index (χ4v) is 2.09. The van der Waals surface area contributed by atoms with E-state index in [2.05, 4.69) is 5.32 Å². The molecule has 1 aliphatic heterocycles. The summed E-state index contributed by atoms with van der Waals surface area (Å²) in [6.07, 6.45) is 0. The maximum absolute atomic E-state index is 12.4. The third kappa shape index (κ3) is 2.72. The second-order valence-electron chi connectivity index (χ2n) is 4.31. The van der Waals surface area contributed by atoms with E-state index in [4.69, 9.17) is 11.0 Å². The van der Waals surface area contributed by atoms with Crippen molar-refractivity contribution >= 4 is 11.8 Å². The van der Waals surface area contributed by atoms with Crippen LogP contribution in [0.2, 0.25) is 0 Å². The molecule has 0 spiro atoms. The summed E-state index contributed by atoms with van der Waals surface area (Å²) in [5.74, 6) is -0.806. The predicted molar refractivity (Wildman–Crippen MR) is 68.0 cm³/mol. The first-order valence-corrected chi connectivity index (χ1v) is 5.94. The van der Waals surface area contributed by atoms with Gasteiger partial charge in [-0.3, -0.25) is 9.59 Å². The van der Waals surface area contributed by atoms with Crippen molar-refractivity contribution in [2.75, 3.05) is 19.6 Å². The van der Waals surface area contributed by atoms with Crippen molar-refractivity contribution in [2.45, 2.75) is 6.04 Å². The Morgan fingerprint density at radius 1 is 1.47 bits per heavy atom. The van der Waals surface area contributed by atoms with Crippen molar-refractivity contribution in [1.29, 1.82) is 5.26 Å². The number of nitriles is 1. The highest BCUT2D eigenvalue weighted by Crippen LogP contribution is 2.12. The number of nitrogens with one attached hydrogen (secondary N) is 1. The molecule has 1 unspecified atom stereocenters. The maximum atomic E-state index is 12.4. The van der Waals surface area contributed by atoms with Gasteiger partial charge >= 0.3 is 0 Å². The Labute approximate surface area is 110 Å². The molecular formula is C13H14N4O2. The largest absolute Gasteiger partial charge is 0.368 e. The molecule has 98 valence electrons. The molecule has 1 aromatic carbocycles. The monoisotopic (exact) mass is 258 g/mol. The van der Waals surface area contributed by atoms with Crippen LogP contribution < -0.4 is 11.1 Å². The Morgan fingerprint density at radius 3 is 2.95 bits per heavy atom. The van der Waals surface area contributed by atoms with E-state index in [-0.39, 0.29) is 5.91 Å². The number of piperazine rings is 1. The molecule has 1 aliphatic rings. The standard InChI is InChI=1S/C13H14N4O2/c14-7-9-2-1-3-10(6-9)13(19)17-5-4-16-8-11(17)12(15)18/h1-3,6,11,16H,4-5,8H2,(H2,15,18). The summed E-state index contributed by atoms with van der Waals surface area (Å²) in [4.78, 5) is 25.2. The molecule has 1 heterocycles. The zero-order valence-corrected chi connectivity index (χ0v) is 10.3. The normalized spacial score (nSPS) is 18.7. The van der Waals surface area contributed by atoms with Crippen LogP contribution >= 0.6 is 0 Å². The molecule has 2 amide bonds. The van der Waals surface area contributed by atoms with Crippen molar-refractivity contribution in [2.24, 2.45) is 5.73 Å². The van der Waals surface area contributed by atoms with E-state index < -0.39 is 11.9 Å². The number of hydrogen-bond donors (Lipinski definition) is 2. The van der Waals surface area contributed by atoms with Crippen molar-refractivity contribution in [3.63, 3.8) is 0 Å². The van der Waals surface area contributed by atoms with Crippen LogP contribution in [0.25, 0.3) is 0 Å². The lowest BCUT2D eigenvalue weighted by Gasteiger charge is -2.34. The lowest BCUT2D eigenvalue weighted by Crippen LogP contribution is -2.58. The van der Waals surface area contributed by atoms with Gasteiger partial charge in [0.25, 0.3) is 5.91 Å². The van der Waals surface area contributed by atoms with Gasteiger partial charge < -0.3 is 16.0 Å². The highest BCUT2D eigenvalue weighted by molar-refractivity contribution is 5.97. The molecule has 3 N–H and O–H groups in total. The molecule has 0 radical (unpaired) electrons. The fourth-order valence-electron chi connectivity index (χ4n) is 2.09. The number of carbonyl (C=O) groups excluding carboxylic acids is 2. The number of nitrogens with two attached hydrogens (primary N) is 1. The van der Waals surface area contributed by atoms with Gasteiger partial charge in [0, 0.05) is 25.2 Å². The smallest absolute Gasteiger partial charge is 0.254 e. The summed E-state index contributed by atoms with van der Waals surface area (Å²) in [5.41, 5.74) is 6.11. The molecule has 0 aliphatic carbocycles. The molecule has 6 heteroatoms. The summed E-state index contributed by atoms with van der Waals surface area (Å²) in [6.45, 7) is 1.40. The quantitative estimate of drug-likeness (QED) is 0.744. The van der Waals surface area contributed by atoms with Gasteiger partial charge in [-0.1, -0.05) is 6.07 Å². The van der Waals surface area contributed by atoms with Crippen LogP contribution in [0.4, 0.5) is 0 Å². The Bertz CT molecular complexity index is 550. The summed E-state index contributed by atoms with van der Waals surface area (Å²) in [7, 11) is 0. The minimum Gasteiger partial charge on any atom is -0.368 e. The molecule has 6 nitrogen and oxygen atoms in total. The van der Waals surface area contributed by atoms with E-state index in [0.29, 0.717) is 30.8 Å². The third-order valence-corrected chi connectivity index (χ3v) is 3.07. The van der Waals surface area contributed by atoms with Crippen molar-refractivity contribution in [3.05, 3.63) is 35.4 Å². The second kappa shape index (κ2) is 5.50. The second-order valence-corrected chi connectivity index (χ2v) is 4.31. The number of primary amides is 1. The first kappa shape index (κ1) is 13.1. The highest BCUT2D eigenvalue weighted by atomic mass is 16.2. The number of benzene rings is 1. The maximum Gasteiger partial charge on any atom is 0.254 e. The third-order valence-electron chi connectivity index (χ3n) is 3.07. The van der Waals surface area contributed by atoms with Crippen LogP contribution in [0, 0.1) is 11.3 Å². The molecule has 1 fully saturated rings. The van der Waals surface area contributed by atoms with Gasteiger partial charge in [-0.2, -0.15) is 5.26 Å². The fraction of sp³-hybridized carbons (Fsp3) is 0.308. The van der Waals surface area contributed by atoms with Gasteiger partial charge in [-0.15, -0.1) is 0 Å². The van der Waals surface area contributed by atoms with Gasteiger partial charge in [-0.25, -0.2) is 0 Å². The van der Waals surface area contributed by atoms with Crippen LogP contribution in [0.5, 0.6) is 0 Å². The summed E-state index contributed by atoms with van der Waals surface area (Å²) >= 11 is 0. The van der Waals surface area contributed by atoms with Crippen molar-refractivity contribution in [3.8, 4) is 6.07 Å². The Balaban J connectivity index is 2.26. The highest BCUT2D eigenvalue weighted by Gasteiger charge is 2.31. The Hall–Kier alpha value is -2.39. The molecule has 19 heavy (non-hydrogen) atoms. The van der Waals surface area contributed by atoms with Gasteiger partial charge in [-0.05, 0) is 18.2 Å². The van der Waals surface area contributed by atoms with Crippen LogP contribution in [0.1, 0.15) is 15.9 Å². The van der Waals surface area contributed by atoms with Crippen LogP contribution in [-0.4, -0.2) is 42.4 Å². The van der Waals surface area contributed by atoms with E-state index in [9.17, 15) is 9.59 Å². The molecule has 1 aromatic rings. The number of rotatable bonds is 2. The Kier molecular flexibility index (Phi) is 3.78.